The highest BCUT2D eigenvalue weighted by atomic mass is 16.5. The average molecular weight is 275 g/mol. The topological polar surface area (TPSA) is 62.3 Å². The molecule has 1 unspecified atom stereocenters. The fourth-order valence-corrected chi connectivity index (χ4v) is 2.13. The standard InChI is InChI=1S/C16H21NO3/c1-16(2,3)20-10-12(15(18)19)8-11-9-17-14-7-5-4-6-13(11)14/h4-7,9,12,17H,8,10H2,1-3H3,(H,18,19). The number of rotatable bonds is 5. The number of carboxylic acids is 1. The van der Waals surface area contributed by atoms with Crippen LogP contribution in [0.25, 0.3) is 10.9 Å². The van der Waals surface area contributed by atoms with Gasteiger partial charge in [0.1, 0.15) is 0 Å². The third-order valence-electron chi connectivity index (χ3n) is 3.21. The highest BCUT2D eigenvalue weighted by Gasteiger charge is 2.22. The molecule has 0 fully saturated rings. The normalized spacial score (nSPS) is 13.6. The molecule has 0 aliphatic rings. The molecule has 0 aliphatic carbocycles. The van der Waals surface area contributed by atoms with Crippen LogP contribution in [0, 0.1) is 5.92 Å². The maximum Gasteiger partial charge on any atom is 0.309 e. The van der Waals surface area contributed by atoms with Crippen molar-refractivity contribution in [3.8, 4) is 0 Å². The summed E-state index contributed by atoms with van der Waals surface area (Å²) in [4.78, 5) is 14.6. The number of fused-ring (bicyclic) bond motifs is 1. The molecule has 0 spiro atoms. The van der Waals surface area contributed by atoms with Gasteiger partial charge in [-0.25, -0.2) is 0 Å². The van der Waals surface area contributed by atoms with Gasteiger partial charge in [-0.15, -0.1) is 0 Å². The van der Waals surface area contributed by atoms with E-state index in [2.05, 4.69) is 4.98 Å². The van der Waals surface area contributed by atoms with Crippen LogP contribution in [0.15, 0.2) is 30.5 Å². The third-order valence-corrected chi connectivity index (χ3v) is 3.21. The van der Waals surface area contributed by atoms with Crippen LogP contribution in [0.1, 0.15) is 26.3 Å². The van der Waals surface area contributed by atoms with E-state index in [1.165, 1.54) is 0 Å². The van der Waals surface area contributed by atoms with Gasteiger partial charge in [-0.2, -0.15) is 0 Å². The van der Waals surface area contributed by atoms with Crippen molar-refractivity contribution in [3.63, 3.8) is 0 Å². The predicted molar refractivity (Wildman–Crippen MR) is 78.8 cm³/mol. The number of aromatic amines is 1. The largest absolute Gasteiger partial charge is 0.481 e. The van der Waals surface area contributed by atoms with Crippen molar-refractivity contribution >= 4 is 16.9 Å². The Hall–Kier alpha value is -1.81. The maximum absolute atomic E-state index is 11.4. The van der Waals surface area contributed by atoms with Crippen LogP contribution in [-0.2, 0) is 16.0 Å². The summed E-state index contributed by atoms with van der Waals surface area (Å²) >= 11 is 0. The Morgan fingerprint density at radius 1 is 1.35 bits per heavy atom. The minimum atomic E-state index is -0.820. The number of aliphatic carboxylic acids is 1. The van der Waals surface area contributed by atoms with E-state index in [9.17, 15) is 9.90 Å². The fraction of sp³-hybridized carbons (Fsp3) is 0.438. The zero-order valence-corrected chi connectivity index (χ0v) is 12.1. The molecule has 20 heavy (non-hydrogen) atoms. The van der Waals surface area contributed by atoms with E-state index >= 15 is 0 Å². The van der Waals surface area contributed by atoms with Crippen molar-refractivity contribution in [1.29, 1.82) is 0 Å². The van der Waals surface area contributed by atoms with E-state index in [0.717, 1.165) is 16.5 Å². The maximum atomic E-state index is 11.4. The lowest BCUT2D eigenvalue weighted by Gasteiger charge is -2.22. The van der Waals surface area contributed by atoms with Crippen LogP contribution in [0.4, 0.5) is 0 Å². The van der Waals surface area contributed by atoms with Gasteiger partial charge in [-0.3, -0.25) is 4.79 Å². The summed E-state index contributed by atoms with van der Waals surface area (Å²) in [5.41, 5.74) is 1.72. The first-order valence-corrected chi connectivity index (χ1v) is 6.78. The molecule has 0 saturated carbocycles. The Balaban J connectivity index is 2.14. The van der Waals surface area contributed by atoms with Gasteiger partial charge in [0.15, 0.2) is 0 Å². The van der Waals surface area contributed by atoms with Gasteiger partial charge in [0.25, 0.3) is 0 Å². The highest BCUT2D eigenvalue weighted by Crippen LogP contribution is 2.22. The van der Waals surface area contributed by atoms with E-state index in [1.54, 1.807) is 0 Å². The van der Waals surface area contributed by atoms with Crippen LogP contribution < -0.4 is 0 Å². The van der Waals surface area contributed by atoms with E-state index in [0.29, 0.717) is 6.42 Å². The first-order chi connectivity index (χ1) is 9.37. The molecule has 1 aromatic heterocycles. The molecule has 2 aromatic rings. The van der Waals surface area contributed by atoms with Crippen LogP contribution in [0.2, 0.25) is 0 Å². The highest BCUT2D eigenvalue weighted by molar-refractivity contribution is 5.83. The average Bonchev–Trinajstić information content (AvgIpc) is 2.76. The minimum Gasteiger partial charge on any atom is -0.481 e. The van der Waals surface area contributed by atoms with Crippen molar-refractivity contribution in [2.45, 2.75) is 32.8 Å². The first kappa shape index (κ1) is 14.6. The van der Waals surface area contributed by atoms with Crippen molar-refractivity contribution < 1.29 is 14.6 Å². The molecule has 0 radical (unpaired) electrons. The van der Waals surface area contributed by atoms with E-state index in [1.807, 2.05) is 51.2 Å². The van der Waals surface area contributed by atoms with E-state index in [4.69, 9.17) is 4.74 Å². The van der Waals surface area contributed by atoms with Crippen molar-refractivity contribution in [3.05, 3.63) is 36.0 Å². The number of carboxylic acid groups (broad SMARTS) is 1. The molecule has 1 aromatic carbocycles. The van der Waals surface area contributed by atoms with Gasteiger partial charge >= 0.3 is 5.97 Å². The Morgan fingerprint density at radius 3 is 2.70 bits per heavy atom. The summed E-state index contributed by atoms with van der Waals surface area (Å²) in [6.45, 7) is 6.01. The number of para-hydroxylation sites is 1. The van der Waals surface area contributed by atoms with Crippen LogP contribution in [0.5, 0.6) is 0 Å². The number of ether oxygens (including phenoxy) is 1. The lowest BCUT2D eigenvalue weighted by Crippen LogP contribution is -2.28. The fourth-order valence-electron chi connectivity index (χ4n) is 2.13. The molecule has 108 valence electrons. The molecule has 4 heteroatoms. The summed E-state index contributed by atoms with van der Waals surface area (Å²) < 4.78 is 5.62. The molecule has 1 atom stereocenters. The lowest BCUT2D eigenvalue weighted by atomic mass is 9.99. The quantitative estimate of drug-likeness (QED) is 0.880. The van der Waals surface area contributed by atoms with Crippen LogP contribution in [-0.4, -0.2) is 28.3 Å². The molecule has 0 bridgehead atoms. The van der Waals surface area contributed by atoms with Gasteiger partial charge in [0, 0.05) is 17.1 Å². The molecule has 0 saturated heterocycles. The number of H-pyrrole nitrogens is 1. The summed E-state index contributed by atoms with van der Waals surface area (Å²) in [7, 11) is 0. The number of nitrogens with one attached hydrogen (secondary N) is 1. The SMILES string of the molecule is CC(C)(C)OCC(Cc1c[nH]c2ccccc12)C(=O)O. The van der Waals surface area contributed by atoms with E-state index in [-0.39, 0.29) is 12.2 Å². The number of benzene rings is 1. The van der Waals surface area contributed by atoms with Gasteiger partial charge in [0.2, 0.25) is 0 Å². The second kappa shape index (κ2) is 5.67. The van der Waals surface area contributed by atoms with E-state index < -0.39 is 11.9 Å². The van der Waals surface area contributed by atoms with Gasteiger partial charge in [0.05, 0.1) is 18.1 Å². The predicted octanol–water partition coefficient (Wildman–Crippen LogP) is 3.23. The molecule has 0 amide bonds. The zero-order valence-electron chi connectivity index (χ0n) is 12.1. The summed E-state index contributed by atoms with van der Waals surface area (Å²) in [6.07, 6.45) is 2.35. The Labute approximate surface area is 118 Å². The van der Waals surface area contributed by atoms with Crippen LogP contribution in [0.3, 0.4) is 0 Å². The lowest BCUT2D eigenvalue weighted by molar-refractivity contribution is -0.145. The zero-order chi connectivity index (χ0) is 14.8. The smallest absolute Gasteiger partial charge is 0.309 e. The summed E-state index contributed by atoms with van der Waals surface area (Å²) in [5.74, 6) is -1.35. The summed E-state index contributed by atoms with van der Waals surface area (Å²) in [6, 6.07) is 7.91. The van der Waals surface area contributed by atoms with Crippen molar-refractivity contribution in [2.24, 2.45) is 5.92 Å². The Bertz CT molecular complexity index is 595. The monoisotopic (exact) mass is 275 g/mol. The second-order valence-corrected chi connectivity index (χ2v) is 6.02. The molecule has 4 nitrogen and oxygen atoms in total. The molecular weight excluding hydrogens is 254 g/mol. The van der Waals surface area contributed by atoms with Crippen LogP contribution >= 0.6 is 0 Å². The molecule has 2 rings (SSSR count). The van der Waals surface area contributed by atoms with Crippen molar-refractivity contribution in [1.82, 2.24) is 4.98 Å². The van der Waals surface area contributed by atoms with Gasteiger partial charge in [-0.05, 0) is 38.8 Å². The van der Waals surface area contributed by atoms with Crippen molar-refractivity contribution in [2.75, 3.05) is 6.61 Å². The van der Waals surface area contributed by atoms with Gasteiger partial charge < -0.3 is 14.8 Å². The minimum absolute atomic E-state index is 0.221. The number of hydrogen-bond acceptors (Lipinski definition) is 2. The first-order valence-electron chi connectivity index (χ1n) is 6.78. The summed E-state index contributed by atoms with van der Waals surface area (Å²) in [5, 5.41) is 10.4. The number of hydrogen-bond donors (Lipinski definition) is 2. The molecule has 2 N–H and O–H groups in total. The number of aromatic nitrogens is 1. The number of carbonyl (C=O) groups is 1. The molecule has 0 aliphatic heterocycles. The third kappa shape index (κ3) is 3.61. The second-order valence-electron chi connectivity index (χ2n) is 6.02. The Kier molecular flexibility index (Phi) is 4.14. The Morgan fingerprint density at radius 2 is 2.05 bits per heavy atom. The molecular formula is C16H21NO3. The molecule has 1 heterocycles. The van der Waals surface area contributed by atoms with Gasteiger partial charge in [-0.1, -0.05) is 18.2 Å².